The highest BCUT2D eigenvalue weighted by atomic mass is 16.2. The van der Waals surface area contributed by atoms with Crippen LogP contribution in [0.25, 0.3) is 0 Å². The molecular formula is C20H23N3O. The highest BCUT2D eigenvalue weighted by Crippen LogP contribution is 2.34. The Morgan fingerprint density at radius 2 is 2.00 bits per heavy atom. The second kappa shape index (κ2) is 6.73. The van der Waals surface area contributed by atoms with Crippen molar-refractivity contribution in [2.75, 3.05) is 6.54 Å². The molecule has 3 heterocycles. The second-order valence-corrected chi connectivity index (χ2v) is 6.78. The van der Waals surface area contributed by atoms with E-state index in [9.17, 15) is 4.79 Å². The van der Waals surface area contributed by atoms with Crippen molar-refractivity contribution >= 4 is 5.91 Å². The number of amides is 1. The van der Waals surface area contributed by atoms with Gasteiger partial charge >= 0.3 is 0 Å². The summed E-state index contributed by atoms with van der Waals surface area (Å²) in [6.45, 7) is 0.845. The zero-order valence-corrected chi connectivity index (χ0v) is 13.8. The number of fused-ring (bicyclic) bond motifs is 1. The number of nitrogens with zero attached hydrogens (tertiary/aromatic N) is 2. The fraction of sp³-hybridized carbons (Fsp3) is 0.400. The Bertz CT molecular complexity index is 689. The summed E-state index contributed by atoms with van der Waals surface area (Å²) in [5.41, 5.74) is 2.01. The van der Waals surface area contributed by atoms with Gasteiger partial charge in [0, 0.05) is 37.1 Å². The Morgan fingerprint density at radius 1 is 1.12 bits per heavy atom. The van der Waals surface area contributed by atoms with E-state index in [4.69, 9.17) is 0 Å². The van der Waals surface area contributed by atoms with E-state index in [-0.39, 0.29) is 11.9 Å². The molecule has 124 valence electrons. The molecule has 2 fully saturated rings. The molecule has 2 aromatic rings. The number of hydrogen-bond acceptors (Lipinski definition) is 3. The summed E-state index contributed by atoms with van der Waals surface area (Å²) in [5.74, 6) is 0.121. The molecule has 0 unspecified atom stereocenters. The highest BCUT2D eigenvalue weighted by molar-refractivity contribution is 5.94. The van der Waals surface area contributed by atoms with Crippen LogP contribution in [-0.2, 0) is 0 Å². The molecule has 1 aromatic carbocycles. The van der Waals surface area contributed by atoms with Gasteiger partial charge in [-0.15, -0.1) is 0 Å². The fourth-order valence-corrected chi connectivity index (χ4v) is 4.10. The van der Waals surface area contributed by atoms with Gasteiger partial charge < -0.3 is 10.2 Å². The van der Waals surface area contributed by atoms with Crippen molar-refractivity contribution < 1.29 is 4.79 Å². The largest absolute Gasteiger partial charge is 0.334 e. The van der Waals surface area contributed by atoms with E-state index < -0.39 is 0 Å². The molecule has 2 saturated heterocycles. The van der Waals surface area contributed by atoms with Crippen LogP contribution in [-0.4, -0.2) is 34.4 Å². The highest BCUT2D eigenvalue weighted by Gasteiger charge is 2.40. The molecule has 1 N–H and O–H groups in total. The quantitative estimate of drug-likeness (QED) is 0.924. The Kier molecular flexibility index (Phi) is 4.30. The molecular weight excluding hydrogens is 298 g/mol. The lowest BCUT2D eigenvalue weighted by molar-refractivity contribution is 0.0677. The van der Waals surface area contributed by atoms with Crippen LogP contribution in [0.2, 0.25) is 0 Å². The van der Waals surface area contributed by atoms with Gasteiger partial charge in [0.1, 0.15) is 0 Å². The van der Waals surface area contributed by atoms with E-state index in [0.29, 0.717) is 17.6 Å². The third-order valence-corrected chi connectivity index (χ3v) is 5.29. The lowest BCUT2D eigenvalue weighted by Crippen LogP contribution is -2.45. The molecule has 3 atom stereocenters. The van der Waals surface area contributed by atoms with Crippen LogP contribution in [0.4, 0.5) is 0 Å². The van der Waals surface area contributed by atoms with Crippen LogP contribution in [0.3, 0.4) is 0 Å². The van der Waals surface area contributed by atoms with Gasteiger partial charge in [-0.2, -0.15) is 0 Å². The zero-order valence-electron chi connectivity index (χ0n) is 13.8. The van der Waals surface area contributed by atoms with Gasteiger partial charge in [-0.25, -0.2) is 0 Å². The third kappa shape index (κ3) is 2.94. The predicted molar refractivity (Wildman–Crippen MR) is 93.6 cm³/mol. The molecule has 2 aliphatic heterocycles. The molecule has 1 aromatic heterocycles. The number of likely N-dealkylation sites (tertiary alicyclic amines) is 1. The first-order valence-corrected chi connectivity index (χ1v) is 8.85. The van der Waals surface area contributed by atoms with E-state index in [2.05, 4.69) is 45.5 Å². The molecule has 4 nitrogen and oxygen atoms in total. The average molecular weight is 321 g/mol. The van der Waals surface area contributed by atoms with E-state index in [1.165, 1.54) is 12.0 Å². The first-order chi connectivity index (χ1) is 11.8. The minimum atomic E-state index is 0.121. The van der Waals surface area contributed by atoms with Crippen LogP contribution in [0.1, 0.15) is 47.6 Å². The molecule has 2 aliphatic rings. The van der Waals surface area contributed by atoms with Crippen LogP contribution in [0, 0.1) is 0 Å². The molecule has 24 heavy (non-hydrogen) atoms. The van der Waals surface area contributed by atoms with E-state index in [1.807, 2.05) is 12.1 Å². The van der Waals surface area contributed by atoms with Gasteiger partial charge in [0.25, 0.3) is 5.91 Å². The lowest BCUT2D eigenvalue weighted by atomic mass is 10.00. The topological polar surface area (TPSA) is 45.2 Å². The monoisotopic (exact) mass is 321 g/mol. The van der Waals surface area contributed by atoms with Crippen molar-refractivity contribution in [1.82, 2.24) is 15.2 Å². The number of aromatic nitrogens is 1. The lowest BCUT2D eigenvalue weighted by Gasteiger charge is -2.30. The van der Waals surface area contributed by atoms with Crippen LogP contribution in [0.15, 0.2) is 54.9 Å². The molecule has 0 radical (unpaired) electrons. The average Bonchev–Trinajstić information content (AvgIpc) is 2.97. The Morgan fingerprint density at radius 3 is 2.79 bits per heavy atom. The Hall–Kier alpha value is -2.20. The molecule has 1 amide bonds. The van der Waals surface area contributed by atoms with Gasteiger partial charge in [-0.3, -0.25) is 9.78 Å². The van der Waals surface area contributed by atoms with E-state index in [1.54, 1.807) is 12.4 Å². The number of hydrogen-bond donors (Lipinski definition) is 1. The summed E-state index contributed by atoms with van der Waals surface area (Å²) in [6, 6.07) is 15.3. The maximum atomic E-state index is 13.0. The Balaban J connectivity index is 1.58. The van der Waals surface area contributed by atoms with Gasteiger partial charge in [0.15, 0.2) is 0 Å². The van der Waals surface area contributed by atoms with Gasteiger partial charge in [0.2, 0.25) is 0 Å². The normalized spacial score (nSPS) is 26.7. The zero-order chi connectivity index (χ0) is 16.4. The predicted octanol–water partition coefficient (Wildman–Crippen LogP) is 3.18. The van der Waals surface area contributed by atoms with E-state index in [0.717, 1.165) is 25.8 Å². The molecule has 0 saturated carbocycles. The SMILES string of the molecule is O=C(c1cccnc1)N1CCCC[C@@H]2N[C@H](c3ccccc3)C[C@H]21. The molecule has 0 aliphatic carbocycles. The van der Waals surface area contributed by atoms with Crippen LogP contribution < -0.4 is 5.32 Å². The van der Waals surface area contributed by atoms with Crippen molar-refractivity contribution in [3.63, 3.8) is 0 Å². The minimum absolute atomic E-state index is 0.121. The number of carbonyl (C=O) groups is 1. The van der Waals surface area contributed by atoms with Crippen LogP contribution in [0.5, 0.6) is 0 Å². The van der Waals surface area contributed by atoms with Crippen molar-refractivity contribution in [1.29, 1.82) is 0 Å². The summed E-state index contributed by atoms with van der Waals surface area (Å²) >= 11 is 0. The first-order valence-electron chi connectivity index (χ1n) is 8.85. The summed E-state index contributed by atoms with van der Waals surface area (Å²) in [4.78, 5) is 19.2. The number of nitrogens with one attached hydrogen (secondary N) is 1. The number of rotatable bonds is 2. The van der Waals surface area contributed by atoms with Crippen molar-refractivity contribution in [3.8, 4) is 0 Å². The molecule has 4 rings (SSSR count). The number of benzene rings is 1. The van der Waals surface area contributed by atoms with E-state index >= 15 is 0 Å². The van der Waals surface area contributed by atoms with Gasteiger partial charge in [0.05, 0.1) is 5.56 Å². The summed E-state index contributed by atoms with van der Waals surface area (Å²) in [6.07, 6.45) is 7.78. The smallest absolute Gasteiger partial charge is 0.255 e. The summed E-state index contributed by atoms with van der Waals surface area (Å²) in [7, 11) is 0. The van der Waals surface area contributed by atoms with Crippen molar-refractivity contribution in [3.05, 3.63) is 66.0 Å². The van der Waals surface area contributed by atoms with Crippen molar-refractivity contribution in [2.24, 2.45) is 0 Å². The maximum absolute atomic E-state index is 13.0. The van der Waals surface area contributed by atoms with Gasteiger partial charge in [-0.05, 0) is 37.0 Å². The van der Waals surface area contributed by atoms with Crippen molar-refractivity contribution in [2.45, 2.75) is 43.8 Å². The fourth-order valence-electron chi connectivity index (χ4n) is 4.10. The minimum Gasteiger partial charge on any atom is -0.334 e. The standard InChI is InChI=1S/C20H23N3O/c24-20(16-9-6-11-21-14-16)23-12-5-4-10-17-19(23)13-18(22-17)15-7-2-1-3-8-15/h1-3,6-9,11,14,17-19,22H,4-5,10,12-13H2/t17-,18-,19+/m0/s1. The summed E-state index contributed by atoms with van der Waals surface area (Å²) < 4.78 is 0. The molecule has 4 heteroatoms. The van der Waals surface area contributed by atoms with Gasteiger partial charge in [-0.1, -0.05) is 36.8 Å². The second-order valence-electron chi connectivity index (χ2n) is 6.78. The Labute approximate surface area is 142 Å². The third-order valence-electron chi connectivity index (χ3n) is 5.29. The first kappa shape index (κ1) is 15.3. The van der Waals surface area contributed by atoms with Crippen LogP contribution >= 0.6 is 0 Å². The number of carbonyl (C=O) groups excluding carboxylic acids is 1. The summed E-state index contributed by atoms with van der Waals surface area (Å²) in [5, 5.41) is 3.78. The molecule has 0 bridgehead atoms. The maximum Gasteiger partial charge on any atom is 0.255 e. The molecule has 0 spiro atoms. The number of pyridine rings is 1.